The van der Waals surface area contributed by atoms with Gasteiger partial charge in [-0.2, -0.15) is 0 Å². The summed E-state index contributed by atoms with van der Waals surface area (Å²) in [4.78, 5) is 18.7. The van der Waals surface area contributed by atoms with Gasteiger partial charge < -0.3 is 10.6 Å². The molecule has 0 saturated heterocycles. The molecule has 122 valence electrons. The predicted molar refractivity (Wildman–Crippen MR) is 88.7 cm³/mol. The second-order valence-electron chi connectivity index (χ2n) is 5.53. The zero-order valence-electron chi connectivity index (χ0n) is 12.6. The molecule has 1 aromatic carbocycles. The van der Waals surface area contributed by atoms with Gasteiger partial charge in [-0.05, 0) is 42.7 Å². The molecule has 1 fully saturated rings. The smallest absolute Gasteiger partial charge is 0.254 e. The second-order valence-corrected chi connectivity index (χ2v) is 5.53. The molecule has 0 unspecified atom stereocenters. The van der Waals surface area contributed by atoms with Crippen LogP contribution < -0.4 is 5.73 Å². The van der Waals surface area contributed by atoms with Crippen molar-refractivity contribution in [3.63, 3.8) is 0 Å². The molecule has 23 heavy (non-hydrogen) atoms. The van der Waals surface area contributed by atoms with Crippen molar-refractivity contribution in [3.05, 3.63) is 65.2 Å². The topological polar surface area (TPSA) is 59.2 Å². The molecule has 6 heteroatoms. The first-order chi connectivity index (χ1) is 10.7. The van der Waals surface area contributed by atoms with E-state index in [1.165, 1.54) is 12.1 Å². The van der Waals surface area contributed by atoms with Crippen LogP contribution in [0.4, 0.5) is 4.39 Å². The third-order valence-electron chi connectivity index (χ3n) is 3.79. The lowest BCUT2D eigenvalue weighted by molar-refractivity contribution is 0.0729. The van der Waals surface area contributed by atoms with E-state index in [0.29, 0.717) is 24.3 Å². The second kappa shape index (κ2) is 7.53. The van der Waals surface area contributed by atoms with Gasteiger partial charge in [-0.1, -0.05) is 12.1 Å². The number of hydrogen-bond donors (Lipinski definition) is 1. The maximum Gasteiger partial charge on any atom is 0.254 e. The van der Waals surface area contributed by atoms with E-state index in [1.807, 2.05) is 4.90 Å². The molecule has 1 aliphatic carbocycles. The molecule has 1 saturated carbocycles. The van der Waals surface area contributed by atoms with Crippen molar-refractivity contribution in [2.75, 3.05) is 0 Å². The Morgan fingerprint density at radius 2 is 1.96 bits per heavy atom. The molecule has 2 N–H and O–H groups in total. The minimum Gasteiger partial charge on any atom is -0.331 e. The van der Waals surface area contributed by atoms with Crippen LogP contribution >= 0.6 is 12.4 Å². The van der Waals surface area contributed by atoms with Crippen LogP contribution in [0.25, 0.3) is 0 Å². The Balaban J connectivity index is 0.00000192. The average Bonchev–Trinajstić information content (AvgIpc) is 3.38. The SMILES string of the molecule is Cl.NCc1cc(C(=O)N(Cc2ccc(F)cc2)C2CC2)ccn1. The van der Waals surface area contributed by atoms with E-state index < -0.39 is 0 Å². The summed E-state index contributed by atoms with van der Waals surface area (Å²) in [7, 11) is 0. The van der Waals surface area contributed by atoms with E-state index in [0.717, 1.165) is 18.4 Å². The van der Waals surface area contributed by atoms with Gasteiger partial charge in [-0.25, -0.2) is 4.39 Å². The van der Waals surface area contributed by atoms with Crippen molar-refractivity contribution >= 4 is 18.3 Å². The van der Waals surface area contributed by atoms with Crippen molar-refractivity contribution in [1.29, 1.82) is 0 Å². The fourth-order valence-electron chi connectivity index (χ4n) is 2.43. The lowest BCUT2D eigenvalue weighted by Gasteiger charge is -2.23. The number of benzene rings is 1. The first-order valence-corrected chi connectivity index (χ1v) is 7.38. The van der Waals surface area contributed by atoms with Crippen molar-refractivity contribution in [2.45, 2.75) is 32.0 Å². The van der Waals surface area contributed by atoms with Gasteiger partial charge in [-0.3, -0.25) is 9.78 Å². The van der Waals surface area contributed by atoms with E-state index in [9.17, 15) is 9.18 Å². The van der Waals surface area contributed by atoms with Crippen LogP contribution in [0.1, 0.15) is 34.5 Å². The summed E-state index contributed by atoms with van der Waals surface area (Å²) in [5.41, 5.74) is 7.81. The van der Waals surface area contributed by atoms with Crippen molar-refractivity contribution in [2.24, 2.45) is 5.73 Å². The number of rotatable bonds is 5. The Hall–Kier alpha value is -1.98. The van der Waals surface area contributed by atoms with Gasteiger partial charge >= 0.3 is 0 Å². The van der Waals surface area contributed by atoms with Crippen LogP contribution in [0.15, 0.2) is 42.6 Å². The standard InChI is InChI=1S/C17H18FN3O.ClH/c18-14-3-1-12(2-4-14)11-21(16-5-6-16)17(22)13-7-8-20-15(9-13)10-19;/h1-4,7-9,16H,5-6,10-11,19H2;1H. The maximum absolute atomic E-state index is 13.0. The Morgan fingerprint density at radius 3 is 2.57 bits per heavy atom. The van der Waals surface area contributed by atoms with Crippen molar-refractivity contribution in [1.82, 2.24) is 9.88 Å². The van der Waals surface area contributed by atoms with Gasteiger partial charge in [0.05, 0.1) is 5.69 Å². The average molecular weight is 336 g/mol. The van der Waals surface area contributed by atoms with Crippen LogP contribution in [-0.2, 0) is 13.1 Å². The largest absolute Gasteiger partial charge is 0.331 e. The third-order valence-corrected chi connectivity index (χ3v) is 3.79. The van der Waals surface area contributed by atoms with E-state index >= 15 is 0 Å². The molecule has 1 amide bonds. The number of nitrogens with zero attached hydrogens (tertiary/aromatic N) is 2. The van der Waals surface area contributed by atoms with Crippen molar-refractivity contribution < 1.29 is 9.18 Å². The summed E-state index contributed by atoms with van der Waals surface area (Å²) in [6.45, 7) is 0.798. The summed E-state index contributed by atoms with van der Waals surface area (Å²) in [5.74, 6) is -0.293. The number of amides is 1. The molecule has 2 aromatic rings. The van der Waals surface area contributed by atoms with Crippen molar-refractivity contribution in [3.8, 4) is 0 Å². The first kappa shape index (κ1) is 17.4. The van der Waals surface area contributed by atoms with Gasteiger partial charge in [0.15, 0.2) is 0 Å². The quantitative estimate of drug-likeness (QED) is 0.914. The summed E-state index contributed by atoms with van der Waals surface area (Å²) in [5, 5.41) is 0. The summed E-state index contributed by atoms with van der Waals surface area (Å²) >= 11 is 0. The van der Waals surface area contributed by atoms with E-state index in [2.05, 4.69) is 4.98 Å². The van der Waals surface area contributed by atoms with E-state index in [-0.39, 0.29) is 30.2 Å². The first-order valence-electron chi connectivity index (χ1n) is 7.38. The highest BCUT2D eigenvalue weighted by atomic mass is 35.5. The van der Waals surface area contributed by atoms with Gasteiger partial charge in [0, 0.05) is 30.9 Å². The third kappa shape index (κ3) is 4.27. The number of halogens is 2. The molecule has 0 bridgehead atoms. The maximum atomic E-state index is 13.0. The highest BCUT2D eigenvalue weighted by Crippen LogP contribution is 2.30. The van der Waals surface area contributed by atoms with Gasteiger partial charge in [0.2, 0.25) is 0 Å². The Labute approximate surface area is 140 Å². The van der Waals surface area contributed by atoms with Gasteiger partial charge in [0.1, 0.15) is 5.82 Å². The summed E-state index contributed by atoms with van der Waals surface area (Å²) in [6.07, 6.45) is 3.64. The fraction of sp³-hybridized carbons (Fsp3) is 0.294. The number of nitrogens with two attached hydrogens (primary N) is 1. The molecule has 0 radical (unpaired) electrons. The van der Waals surface area contributed by atoms with Crippen LogP contribution in [0.2, 0.25) is 0 Å². The number of hydrogen-bond acceptors (Lipinski definition) is 3. The Bertz CT molecular complexity index is 674. The highest BCUT2D eigenvalue weighted by molar-refractivity contribution is 5.94. The lowest BCUT2D eigenvalue weighted by atomic mass is 10.1. The van der Waals surface area contributed by atoms with Crippen LogP contribution in [0.5, 0.6) is 0 Å². The highest BCUT2D eigenvalue weighted by Gasteiger charge is 2.33. The predicted octanol–water partition coefficient (Wildman–Crippen LogP) is 2.91. The molecule has 4 nitrogen and oxygen atoms in total. The van der Waals surface area contributed by atoms with E-state index in [1.54, 1.807) is 30.5 Å². The Morgan fingerprint density at radius 1 is 1.26 bits per heavy atom. The number of aromatic nitrogens is 1. The zero-order chi connectivity index (χ0) is 15.5. The van der Waals surface area contributed by atoms with Crippen LogP contribution in [-0.4, -0.2) is 21.8 Å². The summed E-state index contributed by atoms with van der Waals surface area (Å²) < 4.78 is 13.0. The minimum atomic E-state index is -0.269. The molecule has 1 heterocycles. The number of carbonyl (C=O) groups excluding carboxylic acids is 1. The Kier molecular flexibility index (Phi) is 5.69. The zero-order valence-corrected chi connectivity index (χ0v) is 13.4. The molecular formula is C17H19ClFN3O. The normalized spacial score (nSPS) is 13.3. The molecule has 1 aromatic heterocycles. The van der Waals surface area contributed by atoms with E-state index in [4.69, 9.17) is 5.73 Å². The number of pyridine rings is 1. The van der Waals surface area contributed by atoms with Gasteiger partial charge in [-0.15, -0.1) is 12.4 Å². The fourth-order valence-corrected chi connectivity index (χ4v) is 2.43. The monoisotopic (exact) mass is 335 g/mol. The summed E-state index contributed by atoms with van der Waals surface area (Å²) in [6, 6.07) is 10.00. The number of carbonyl (C=O) groups is 1. The van der Waals surface area contributed by atoms with Gasteiger partial charge in [0.25, 0.3) is 5.91 Å². The molecule has 0 spiro atoms. The van der Waals surface area contributed by atoms with Crippen LogP contribution in [0.3, 0.4) is 0 Å². The molecular weight excluding hydrogens is 317 g/mol. The molecule has 0 atom stereocenters. The minimum absolute atomic E-state index is 0. The molecule has 0 aliphatic heterocycles. The molecule has 1 aliphatic rings. The lowest BCUT2D eigenvalue weighted by Crippen LogP contribution is -2.32. The van der Waals surface area contributed by atoms with Crippen LogP contribution in [0, 0.1) is 5.82 Å². The molecule has 3 rings (SSSR count).